The van der Waals surface area contributed by atoms with Crippen LogP contribution in [0.1, 0.15) is 13.8 Å². The number of halogens is 1. The van der Waals surface area contributed by atoms with Gasteiger partial charge in [-0.2, -0.15) is 0 Å². The second-order valence-corrected chi connectivity index (χ2v) is 1.09. The minimum atomic E-state index is -0.167. The normalized spacial score (nSPS) is 6.00. The third-order valence-electron chi connectivity index (χ3n) is 0. The average molecular weight is 266 g/mol. The molecule has 0 aliphatic heterocycles. The van der Waals surface area contributed by atoms with Crippen molar-refractivity contribution in [2.75, 3.05) is 0 Å². The van der Waals surface area contributed by atoms with E-state index in [-0.39, 0.29) is 25.6 Å². The van der Waals surface area contributed by atoms with E-state index >= 15 is 0 Å². The van der Waals surface area contributed by atoms with Crippen LogP contribution in [0.4, 0.5) is 0 Å². The number of hydrogen-bond acceptors (Lipinski definition) is 1. The zero-order valence-corrected chi connectivity index (χ0v) is 9.94. The van der Waals surface area contributed by atoms with E-state index in [0.29, 0.717) is 0 Å². The summed E-state index contributed by atoms with van der Waals surface area (Å²) in [5.41, 5.74) is 0. The molecule has 0 unspecified atom stereocenters. The van der Waals surface area contributed by atoms with Crippen LogP contribution >= 0.6 is 22.6 Å². The molecule has 0 saturated heterocycles. The Morgan fingerprint density at radius 2 is 1.43 bits per heavy atom. The summed E-state index contributed by atoms with van der Waals surface area (Å²) in [6.45, 7) is 3.44. The molecule has 0 aromatic heterocycles. The van der Waals surface area contributed by atoms with Gasteiger partial charge >= 0.3 is 0 Å². The second-order valence-electron chi connectivity index (χ2n) is 1.09. The Kier molecular flexibility index (Phi) is 35.3. The molecule has 0 rings (SSSR count). The Bertz CT molecular complexity index is 16.4. The van der Waals surface area contributed by atoms with Crippen molar-refractivity contribution >= 4 is 22.6 Å². The van der Waals surface area contributed by atoms with Gasteiger partial charge in [-0.25, -0.2) is 0 Å². The molecule has 0 fully saturated rings. The van der Waals surface area contributed by atoms with Gasteiger partial charge in [-0.15, -0.1) is 0 Å². The zero-order chi connectivity index (χ0) is 5.58. The molecule has 0 aromatic rings. The van der Waals surface area contributed by atoms with Crippen molar-refractivity contribution in [3.63, 3.8) is 0 Å². The van der Waals surface area contributed by atoms with Gasteiger partial charge in [0.25, 0.3) is 0 Å². The van der Waals surface area contributed by atoms with Crippen LogP contribution in [-0.2, 0) is 19.5 Å². The van der Waals surface area contributed by atoms with Crippen LogP contribution in [0.25, 0.3) is 0 Å². The number of aliphatic hydroxyl groups excluding tert-OH is 1. The van der Waals surface area contributed by atoms with E-state index in [1.54, 1.807) is 13.8 Å². The maximum absolute atomic E-state index is 8.06. The van der Waals surface area contributed by atoms with E-state index in [4.69, 9.17) is 5.11 Å². The smallest absolute Gasteiger partial charge is 0.0483 e. The predicted molar refractivity (Wildman–Crippen MR) is 36.7 cm³/mol. The van der Waals surface area contributed by atoms with Gasteiger partial charge in [0.1, 0.15) is 0 Å². The van der Waals surface area contributed by atoms with Crippen molar-refractivity contribution in [2.24, 2.45) is 0 Å². The molecule has 0 radical (unpaired) electrons. The maximum atomic E-state index is 8.06. The summed E-state index contributed by atoms with van der Waals surface area (Å²) in [5, 5.41) is 8.06. The summed E-state index contributed by atoms with van der Waals surface area (Å²) in [4.78, 5) is 3.22. The fourth-order valence-electron chi connectivity index (χ4n) is 0. The molecule has 0 aromatic carbocycles. The van der Waals surface area contributed by atoms with Gasteiger partial charge in [-0.3, -0.25) is 4.93 Å². The first-order valence-electron chi connectivity index (χ1n) is 1.68. The van der Waals surface area contributed by atoms with Gasteiger partial charge in [0.15, 0.2) is 0 Å². The molecule has 0 aliphatic carbocycles. The van der Waals surface area contributed by atoms with Gasteiger partial charge < -0.3 is 27.7 Å². The molecular weight excluding hydrogens is 256 g/mol. The van der Waals surface area contributed by atoms with E-state index in [1.807, 2.05) is 22.6 Å². The topological polar surface area (TPSA) is 20.2 Å². The number of rotatable bonds is 0. The van der Waals surface area contributed by atoms with Gasteiger partial charge in [0.05, 0.1) is 0 Å². The van der Waals surface area contributed by atoms with Gasteiger partial charge in [0.2, 0.25) is 0 Å². The standard InChI is InChI=1S/C3H8O.CH2I.Zn/c1-3(2)4;1-2;/h3-4H,1-2H3;1H2;/q;-1;. The van der Waals surface area contributed by atoms with Crippen LogP contribution in [0.2, 0.25) is 0 Å². The zero-order valence-electron chi connectivity index (χ0n) is 4.82. The molecule has 0 saturated carbocycles. The van der Waals surface area contributed by atoms with Crippen LogP contribution in [0, 0.1) is 4.93 Å². The molecule has 7 heavy (non-hydrogen) atoms. The maximum Gasteiger partial charge on any atom is 0.0483 e. The van der Waals surface area contributed by atoms with Crippen LogP contribution in [0.5, 0.6) is 0 Å². The van der Waals surface area contributed by atoms with Crippen molar-refractivity contribution in [3.05, 3.63) is 4.93 Å². The Morgan fingerprint density at radius 1 is 1.43 bits per heavy atom. The minimum Gasteiger partial charge on any atom is -0.394 e. The summed E-state index contributed by atoms with van der Waals surface area (Å²) in [6, 6.07) is 0. The molecule has 0 bridgehead atoms. The summed E-state index contributed by atoms with van der Waals surface area (Å²) >= 11 is 1.90. The third kappa shape index (κ3) is 120. The van der Waals surface area contributed by atoms with Crippen molar-refractivity contribution in [1.82, 2.24) is 0 Å². The Balaban J connectivity index is -0.0000000480. The first-order chi connectivity index (χ1) is 2.73. The number of hydrogen-bond donors (Lipinski definition) is 1. The summed E-state index contributed by atoms with van der Waals surface area (Å²) in [7, 11) is 0. The van der Waals surface area contributed by atoms with Gasteiger partial charge in [-0.05, 0) is 13.8 Å². The average Bonchev–Trinajstić information content (AvgIpc) is 1.41. The van der Waals surface area contributed by atoms with Crippen LogP contribution in [-0.4, -0.2) is 11.2 Å². The molecule has 3 heteroatoms. The summed E-state index contributed by atoms with van der Waals surface area (Å²) < 4.78 is 0. The van der Waals surface area contributed by atoms with Crippen LogP contribution < -0.4 is 0 Å². The summed E-state index contributed by atoms with van der Waals surface area (Å²) in [6.07, 6.45) is -0.167. The van der Waals surface area contributed by atoms with E-state index in [2.05, 4.69) is 4.93 Å². The van der Waals surface area contributed by atoms with E-state index in [9.17, 15) is 0 Å². The Hall–Kier alpha value is 1.31. The van der Waals surface area contributed by atoms with Crippen molar-refractivity contribution in [1.29, 1.82) is 0 Å². The molecular formula is C4H10IOZn-. The summed E-state index contributed by atoms with van der Waals surface area (Å²) in [5.74, 6) is 0. The first-order valence-corrected chi connectivity index (χ1v) is 3.21. The quantitative estimate of drug-likeness (QED) is 0.401. The van der Waals surface area contributed by atoms with E-state index in [1.165, 1.54) is 0 Å². The Labute approximate surface area is 71.8 Å². The molecule has 0 heterocycles. The SMILES string of the molecule is CC(C)O.[CH2-]I.[Zn]. The largest absolute Gasteiger partial charge is 0.394 e. The second kappa shape index (κ2) is 15.7. The minimum absolute atomic E-state index is 0. The van der Waals surface area contributed by atoms with Crippen molar-refractivity contribution in [3.8, 4) is 0 Å². The number of aliphatic hydroxyl groups is 1. The van der Waals surface area contributed by atoms with Gasteiger partial charge in [-0.1, -0.05) is 0 Å². The predicted octanol–water partition coefficient (Wildman–Crippen LogP) is 1.60. The third-order valence-corrected chi connectivity index (χ3v) is 0. The molecule has 42 valence electrons. The van der Waals surface area contributed by atoms with E-state index in [0.717, 1.165) is 0 Å². The fourth-order valence-corrected chi connectivity index (χ4v) is 0. The van der Waals surface area contributed by atoms with Crippen LogP contribution in [0.3, 0.4) is 0 Å². The molecule has 0 aliphatic rings. The van der Waals surface area contributed by atoms with Gasteiger partial charge in [0, 0.05) is 25.6 Å². The first kappa shape index (κ1) is 15.7. The monoisotopic (exact) mass is 265 g/mol. The Morgan fingerprint density at radius 3 is 1.43 bits per heavy atom. The fraction of sp³-hybridized carbons (Fsp3) is 0.750. The molecule has 0 atom stereocenters. The van der Waals surface area contributed by atoms with Crippen molar-refractivity contribution < 1.29 is 24.6 Å². The molecule has 0 amide bonds. The molecule has 1 nitrogen and oxygen atoms in total. The molecule has 1 N–H and O–H groups in total. The molecule has 0 spiro atoms. The van der Waals surface area contributed by atoms with Crippen molar-refractivity contribution in [2.45, 2.75) is 20.0 Å². The van der Waals surface area contributed by atoms with E-state index < -0.39 is 0 Å². The van der Waals surface area contributed by atoms with Crippen LogP contribution in [0.15, 0.2) is 0 Å².